The van der Waals surface area contributed by atoms with Crippen LogP contribution in [0.15, 0.2) is 24.3 Å². The molecule has 5 heteroatoms. The Morgan fingerprint density at radius 2 is 1.96 bits per heavy atom. The molecular weight excluding hydrogens is 294 g/mol. The number of hydrogen-bond donors (Lipinski definition) is 1. The van der Waals surface area contributed by atoms with Gasteiger partial charge in [0.2, 0.25) is 0 Å². The van der Waals surface area contributed by atoms with Crippen molar-refractivity contribution in [3.63, 3.8) is 0 Å². The van der Waals surface area contributed by atoms with Crippen LogP contribution in [-0.4, -0.2) is 41.1 Å². The number of ether oxygens (including phenoxy) is 1. The Morgan fingerprint density at radius 3 is 2.52 bits per heavy atom. The van der Waals surface area contributed by atoms with Crippen LogP contribution in [0.5, 0.6) is 5.75 Å². The van der Waals surface area contributed by atoms with Crippen molar-refractivity contribution in [3.8, 4) is 5.75 Å². The molecule has 1 aliphatic heterocycles. The molecule has 0 radical (unpaired) electrons. The molecule has 2 atom stereocenters. The van der Waals surface area contributed by atoms with Crippen molar-refractivity contribution < 1.29 is 19.4 Å². The summed E-state index contributed by atoms with van der Waals surface area (Å²) in [5.41, 5.74) is 0.503. The van der Waals surface area contributed by atoms with E-state index in [2.05, 4.69) is 13.8 Å². The molecule has 0 aromatic heterocycles. The van der Waals surface area contributed by atoms with Gasteiger partial charge < -0.3 is 14.7 Å². The largest absolute Gasteiger partial charge is 0.493 e. The number of likely N-dealkylation sites (tertiary alicyclic amines) is 1. The van der Waals surface area contributed by atoms with E-state index < -0.39 is 12.0 Å². The van der Waals surface area contributed by atoms with E-state index >= 15 is 0 Å². The first kappa shape index (κ1) is 17.3. The maximum absolute atomic E-state index is 12.6. The second-order valence-corrected chi connectivity index (χ2v) is 6.71. The zero-order valence-corrected chi connectivity index (χ0v) is 14.0. The van der Waals surface area contributed by atoms with Gasteiger partial charge in [-0.25, -0.2) is 4.79 Å². The third-order valence-electron chi connectivity index (χ3n) is 4.10. The Bertz CT molecular complexity index is 553. The van der Waals surface area contributed by atoms with E-state index in [0.29, 0.717) is 37.0 Å². The quantitative estimate of drug-likeness (QED) is 0.906. The molecule has 2 unspecified atom stereocenters. The number of rotatable bonds is 5. The van der Waals surface area contributed by atoms with E-state index in [1.54, 1.807) is 24.3 Å². The van der Waals surface area contributed by atoms with Gasteiger partial charge in [0.1, 0.15) is 11.8 Å². The standard InChI is InChI=1S/C18H25NO4/c1-12(2)11-23-15-6-4-14(5-7-15)17(20)19-9-8-13(3)10-16(19)18(21)22/h4-7,12-13,16H,8-11H2,1-3H3,(H,21,22). The number of carbonyl (C=O) groups excluding carboxylic acids is 1. The molecule has 1 fully saturated rings. The summed E-state index contributed by atoms with van der Waals surface area (Å²) in [6.45, 7) is 7.28. The molecule has 5 nitrogen and oxygen atoms in total. The summed E-state index contributed by atoms with van der Waals surface area (Å²) < 4.78 is 5.60. The Morgan fingerprint density at radius 1 is 1.30 bits per heavy atom. The van der Waals surface area contributed by atoms with Crippen LogP contribution in [0.25, 0.3) is 0 Å². The Labute approximate surface area is 137 Å². The van der Waals surface area contributed by atoms with Gasteiger partial charge in [0.15, 0.2) is 0 Å². The van der Waals surface area contributed by atoms with E-state index in [1.165, 1.54) is 4.90 Å². The minimum atomic E-state index is -0.929. The van der Waals surface area contributed by atoms with Crippen molar-refractivity contribution in [1.29, 1.82) is 0 Å². The molecule has 2 rings (SSSR count). The lowest BCUT2D eigenvalue weighted by Crippen LogP contribution is -2.49. The fourth-order valence-corrected chi connectivity index (χ4v) is 2.74. The van der Waals surface area contributed by atoms with Crippen LogP contribution in [0.3, 0.4) is 0 Å². The summed E-state index contributed by atoms with van der Waals surface area (Å²) in [4.78, 5) is 25.5. The van der Waals surface area contributed by atoms with Gasteiger partial charge in [-0.15, -0.1) is 0 Å². The molecule has 0 bridgehead atoms. The monoisotopic (exact) mass is 319 g/mol. The molecule has 1 aromatic carbocycles. The van der Waals surface area contributed by atoms with E-state index in [1.807, 2.05) is 6.92 Å². The number of benzene rings is 1. The second kappa shape index (κ2) is 7.49. The van der Waals surface area contributed by atoms with Crippen molar-refractivity contribution in [2.75, 3.05) is 13.2 Å². The van der Waals surface area contributed by atoms with E-state index in [-0.39, 0.29) is 5.91 Å². The number of carboxylic acids is 1. The van der Waals surface area contributed by atoms with Crippen LogP contribution in [0.1, 0.15) is 44.0 Å². The summed E-state index contributed by atoms with van der Waals surface area (Å²) in [7, 11) is 0. The zero-order chi connectivity index (χ0) is 17.0. The Hall–Kier alpha value is -2.04. The molecule has 1 amide bonds. The van der Waals surface area contributed by atoms with E-state index in [0.717, 1.165) is 12.2 Å². The average Bonchev–Trinajstić information content (AvgIpc) is 2.52. The lowest BCUT2D eigenvalue weighted by molar-refractivity contribution is -0.144. The summed E-state index contributed by atoms with van der Waals surface area (Å²) in [6, 6.07) is 6.20. The summed E-state index contributed by atoms with van der Waals surface area (Å²) in [5, 5.41) is 9.37. The highest BCUT2D eigenvalue weighted by atomic mass is 16.5. The van der Waals surface area contributed by atoms with E-state index in [4.69, 9.17) is 4.74 Å². The van der Waals surface area contributed by atoms with Gasteiger partial charge >= 0.3 is 5.97 Å². The minimum absolute atomic E-state index is 0.222. The highest BCUT2D eigenvalue weighted by molar-refractivity contribution is 5.96. The molecule has 0 spiro atoms. The first-order valence-electron chi connectivity index (χ1n) is 8.15. The fourth-order valence-electron chi connectivity index (χ4n) is 2.74. The summed E-state index contributed by atoms with van der Waals surface area (Å²) in [6.07, 6.45) is 1.35. The number of piperidine rings is 1. The lowest BCUT2D eigenvalue weighted by atomic mass is 9.92. The first-order valence-corrected chi connectivity index (χ1v) is 8.15. The molecule has 126 valence electrons. The summed E-state index contributed by atoms with van der Waals surface area (Å²) >= 11 is 0. The number of carbonyl (C=O) groups is 2. The zero-order valence-electron chi connectivity index (χ0n) is 14.0. The normalized spacial score (nSPS) is 21.3. The molecule has 1 saturated heterocycles. The molecule has 1 aliphatic rings. The highest BCUT2D eigenvalue weighted by Gasteiger charge is 2.35. The fraction of sp³-hybridized carbons (Fsp3) is 0.556. The van der Waals surface area contributed by atoms with Crippen LogP contribution < -0.4 is 4.74 Å². The number of nitrogens with zero attached hydrogens (tertiary/aromatic N) is 1. The SMILES string of the molecule is CC(C)COc1ccc(C(=O)N2CCC(C)CC2C(=O)O)cc1. The van der Waals surface area contributed by atoms with Crippen molar-refractivity contribution in [2.45, 2.75) is 39.7 Å². The predicted octanol–water partition coefficient (Wildman–Crippen LogP) is 3.05. The predicted molar refractivity (Wildman–Crippen MR) is 87.6 cm³/mol. The van der Waals surface area contributed by atoms with Crippen LogP contribution in [-0.2, 0) is 4.79 Å². The maximum atomic E-state index is 12.6. The molecule has 1 aromatic rings. The van der Waals surface area contributed by atoms with Gasteiger partial charge in [-0.05, 0) is 48.9 Å². The van der Waals surface area contributed by atoms with Gasteiger partial charge in [0.25, 0.3) is 5.91 Å². The molecule has 1 N–H and O–H groups in total. The van der Waals surface area contributed by atoms with Gasteiger partial charge in [0, 0.05) is 12.1 Å². The molecule has 1 heterocycles. The topological polar surface area (TPSA) is 66.8 Å². The molecule has 23 heavy (non-hydrogen) atoms. The number of carboxylic acid groups (broad SMARTS) is 1. The number of amides is 1. The minimum Gasteiger partial charge on any atom is -0.493 e. The highest BCUT2D eigenvalue weighted by Crippen LogP contribution is 2.25. The lowest BCUT2D eigenvalue weighted by Gasteiger charge is -2.36. The van der Waals surface area contributed by atoms with Crippen LogP contribution >= 0.6 is 0 Å². The average molecular weight is 319 g/mol. The van der Waals surface area contributed by atoms with Crippen molar-refractivity contribution in [2.24, 2.45) is 11.8 Å². The number of aliphatic carboxylic acids is 1. The van der Waals surface area contributed by atoms with Crippen molar-refractivity contribution in [1.82, 2.24) is 4.90 Å². The summed E-state index contributed by atoms with van der Waals surface area (Å²) in [5.74, 6) is 0.328. The Kier molecular flexibility index (Phi) is 5.64. The molecule has 0 saturated carbocycles. The van der Waals surface area contributed by atoms with Gasteiger partial charge in [-0.3, -0.25) is 4.79 Å². The number of hydrogen-bond acceptors (Lipinski definition) is 3. The van der Waals surface area contributed by atoms with E-state index in [9.17, 15) is 14.7 Å². The van der Waals surface area contributed by atoms with Crippen LogP contribution in [0.4, 0.5) is 0 Å². The van der Waals surface area contributed by atoms with Crippen molar-refractivity contribution in [3.05, 3.63) is 29.8 Å². The molecule has 0 aliphatic carbocycles. The van der Waals surface area contributed by atoms with Gasteiger partial charge in [-0.1, -0.05) is 20.8 Å². The van der Waals surface area contributed by atoms with Crippen LogP contribution in [0, 0.1) is 11.8 Å². The maximum Gasteiger partial charge on any atom is 0.326 e. The van der Waals surface area contributed by atoms with Crippen LogP contribution in [0.2, 0.25) is 0 Å². The first-order chi connectivity index (χ1) is 10.9. The van der Waals surface area contributed by atoms with Gasteiger partial charge in [-0.2, -0.15) is 0 Å². The van der Waals surface area contributed by atoms with Gasteiger partial charge in [0.05, 0.1) is 6.61 Å². The third-order valence-corrected chi connectivity index (χ3v) is 4.10. The Balaban J connectivity index is 2.08. The smallest absolute Gasteiger partial charge is 0.326 e. The molecular formula is C18H25NO4. The van der Waals surface area contributed by atoms with Crippen molar-refractivity contribution >= 4 is 11.9 Å². The second-order valence-electron chi connectivity index (χ2n) is 6.71. The third kappa shape index (κ3) is 4.47.